The van der Waals surface area contributed by atoms with Crippen LogP contribution in [0.15, 0.2) is 5.16 Å². The van der Waals surface area contributed by atoms with Crippen LogP contribution in [0.5, 0.6) is 0 Å². The van der Waals surface area contributed by atoms with E-state index in [2.05, 4.69) is 19.0 Å². The molecule has 0 amide bonds. The topological polar surface area (TPSA) is 32.6 Å². The number of hydrogen-bond acceptors (Lipinski definition) is 2. The van der Waals surface area contributed by atoms with Crippen molar-refractivity contribution in [3.05, 3.63) is 0 Å². The van der Waals surface area contributed by atoms with E-state index < -0.39 is 0 Å². The highest BCUT2D eigenvalue weighted by Crippen LogP contribution is 2.15. The molecule has 2 heteroatoms. The Kier molecular flexibility index (Phi) is 26.0. The second-order valence-electron chi connectivity index (χ2n) is 9.59. The molecule has 2 nitrogen and oxygen atoms in total. The number of hydrogen-bond donors (Lipinski definition) is 1. The van der Waals surface area contributed by atoms with Gasteiger partial charge in [0, 0.05) is 0 Å². The van der Waals surface area contributed by atoms with Gasteiger partial charge in [-0.3, -0.25) is 0 Å². The van der Waals surface area contributed by atoms with Crippen molar-refractivity contribution in [2.45, 2.75) is 174 Å². The van der Waals surface area contributed by atoms with E-state index in [0.717, 1.165) is 18.6 Å². The maximum atomic E-state index is 9.23. The molecule has 0 saturated carbocycles. The lowest BCUT2D eigenvalue weighted by molar-refractivity contribution is 0.315. The van der Waals surface area contributed by atoms with Gasteiger partial charge in [0.25, 0.3) is 0 Å². The van der Waals surface area contributed by atoms with Crippen LogP contribution >= 0.6 is 0 Å². The predicted octanol–water partition coefficient (Wildman–Crippen LogP) is 10.6. The van der Waals surface area contributed by atoms with E-state index >= 15 is 0 Å². The first-order chi connectivity index (χ1) is 14.8. The van der Waals surface area contributed by atoms with Crippen LogP contribution in [0.1, 0.15) is 174 Å². The van der Waals surface area contributed by atoms with Crippen LogP contribution < -0.4 is 0 Å². The maximum absolute atomic E-state index is 9.23. The fourth-order valence-corrected chi connectivity index (χ4v) is 4.39. The second kappa shape index (κ2) is 26.5. The van der Waals surface area contributed by atoms with Crippen molar-refractivity contribution in [3.8, 4) is 0 Å². The molecule has 0 spiro atoms. The molecule has 0 aromatic rings. The quantitative estimate of drug-likeness (QED) is 0.0673. The standard InChI is InChI=1S/C28H57NO/c1-3-5-7-9-11-13-14-15-16-17-18-19-21-23-25-27-28(29-30)26-24-22-20-12-10-8-6-4-2/h30H,3-27H2,1-2H3. The minimum atomic E-state index is 1.00. The Hall–Kier alpha value is -0.530. The Labute approximate surface area is 190 Å². The van der Waals surface area contributed by atoms with Crippen LogP contribution in [-0.2, 0) is 0 Å². The Morgan fingerprint density at radius 1 is 0.400 bits per heavy atom. The van der Waals surface area contributed by atoms with Crippen molar-refractivity contribution >= 4 is 5.71 Å². The lowest BCUT2D eigenvalue weighted by Crippen LogP contribution is -1.99. The summed E-state index contributed by atoms with van der Waals surface area (Å²) in [5, 5.41) is 12.8. The number of rotatable bonds is 25. The Balaban J connectivity index is 3.26. The monoisotopic (exact) mass is 423 g/mol. The Morgan fingerprint density at radius 3 is 0.867 bits per heavy atom. The first-order valence-electron chi connectivity index (χ1n) is 14.0. The van der Waals surface area contributed by atoms with Crippen molar-refractivity contribution in [2.75, 3.05) is 0 Å². The molecule has 0 bridgehead atoms. The summed E-state index contributed by atoms with van der Waals surface area (Å²) < 4.78 is 0. The molecule has 0 atom stereocenters. The SMILES string of the molecule is CCCCCCCCCCCCCCCCCC(CCCCCCCCCC)=NO. The molecule has 0 heterocycles. The van der Waals surface area contributed by atoms with Gasteiger partial charge in [0.2, 0.25) is 0 Å². The van der Waals surface area contributed by atoms with Crippen LogP contribution in [-0.4, -0.2) is 10.9 Å². The second-order valence-corrected chi connectivity index (χ2v) is 9.59. The van der Waals surface area contributed by atoms with Gasteiger partial charge in [0.05, 0.1) is 5.71 Å². The highest BCUT2D eigenvalue weighted by molar-refractivity contribution is 5.83. The van der Waals surface area contributed by atoms with Gasteiger partial charge in [0.15, 0.2) is 0 Å². The van der Waals surface area contributed by atoms with Crippen LogP contribution in [0.4, 0.5) is 0 Å². The summed E-state index contributed by atoms with van der Waals surface area (Å²) in [6.07, 6.45) is 33.8. The zero-order valence-corrected chi connectivity index (χ0v) is 21.1. The summed E-state index contributed by atoms with van der Waals surface area (Å²) in [5.74, 6) is 0. The first kappa shape index (κ1) is 29.5. The maximum Gasteiger partial charge on any atom is 0.0570 e. The van der Waals surface area contributed by atoms with E-state index in [4.69, 9.17) is 0 Å². The molecule has 180 valence electrons. The molecule has 30 heavy (non-hydrogen) atoms. The minimum absolute atomic E-state index is 1.00. The van der Waals surface area contributed by atoms with Gasteiger partial charge < -0.3 is 5.21 Å². The van der Waals surface area contributed by atoms with E-state index in [1.165, 1.54) is 148 Å². The van der Waals surface area contributed by atoms with Gasteiger partial charge in [-0.1, -0.05) is 154 Å². The summed E-state index contributed by atoms with van der Waals surface area (Å²) in [4.78, 5) is 0. The number of nitrogens with zero attached hydrogens (tertiary/aromatic N) is 1. The highest BCUT2D eigenvalue weighted by atomic mass is 16.4. The molecule has 0 aliphatic rings. The lowest BCUT2D eigenvalue weighted by atomic mass is 10.0. The van der Waals surface area contributed by atoms with Crippen molar-refractivity contribution in [3.63, 3.8) is 0 Å². The first-order valence-corrected chi connectivity index (χ1v) is 14.0. The van der Waals surface area contributed by atoms with E-state index in [1.807, 2.05) is 0 Å². The molecule has 0 aliphatic carbocycles. The van der Waals surface area contributed by atoms with Crippen LogP contribution in [0.25, 0.3) is 0 Å². The van der Waals surface area contributed by atoms with E-state index in [9.17, 15) is 5.21 Å². The number of unbranched alkanes of at least 4 members (excludes halogenated alkanes) is 21. The Morgan fingerprint density at radius 2 is 0.633 bits per heavy atom. The normalized spacial score (nSPS) is 12.0. The smallest absolute Gasteiger partial charge is 0.0570 e. The van der Waals surface area contributed by atoms with Gasteiger partial charge >= 0.3 is 0 Å². The lowest BCUT2D eigenvalue weighted by Gasteiger charge is -2.06. The van der Waals surface area contributed by atoms with Gasteiger partial charge in [-0.2, -0.15) is 0 Å². The highest BCUT2D eigenvalue weighted by Gasteiger charge is 2.01. The summed E-state index contributed by atoms with van der Waals surface area (Å²) >= 11 is 0. The van der Waals surface area contributed by atoms with Crippen molar-refractivity contribution in [2.24, 2.45) is 5.16 Å². The predicted molar refractivity (Wildman–Crippen MR) is 136 cm³/mol. The van der Waals surface area contributed by atoms with Crippen molar-refractivity contribution < 1.29 is 5.21 Å². The van der Waals surface area contributed by atoms with Crippen LogP contribution in [0.3, 0.4) is 0 Å². The zero-order valence-electron chi connectivity index (χ0n) is 21.1. The fraction of sp³-hybridized carbons (Fsp3) is 0.964. The van der Waals surface area contributed by atoms with Crippen molar-refractivity contribution in [1.82, 2.24) is 0 Å². The molecule has 0 aromatic carbocycles. The third-order valence-electron chi connectivity index (χ3n) is 6.53. The average molecular weight is 424 g/mol. The van der Waals surface area contributed by atoms with Crippen LogP contribution in [0.2, 0.25) is 0 Å². The third kappa shape index (κ3) is 23.7. The average Bonchev–Trinajstić information content (AvgIpc) is 2.76. The molecule has 0 aromatic heterocycles. The summed E-state index contributed by atoms with van der Waals surface area (Å²) in [6.45, 7) is 4.56. The molecular formula is C28H57NO. The number of oxime groups is 1. The zero-order chi connectivity index (χ0) is 22.0. The molecule has 0 rings (SSSR count). The van der Waals surface area contributed by atoms with Gasteiger partial charge in [0.1, 0.15) is 0 Å². The molecule has 0 unspecified atom stereocenters. The molecule has 0 radical (unpaired) electrons. The molecule has 0 fully saturated rings. The van der Waals surface area contributed by atoms with E-state index in [-0.39, 0.29) is 0 Å². The van der Waals surface area contributed by atoms with Gasteiger partial charge in [-0.25, -0.2) is 0 Å². The molecular weight excluding hydrogens is 366 g/mol. The molecule has 0 aliphatic heterocycles. The van der Waals surface area contributed by atoms with Gasteiger partial charge in [-0.05, 0) is 25.7 Å². The summed E-state index contributed by atoms with van der Waals surface area (Å²) in [5.41, 5.74) is 1.04. The van der Waals surface area contributed by atoms with E-state index in [0.29, 0.717) is 0 Å². The Bertz CT molecular complexity index is 340. The largest absolute Gasteiger partial charge is 0.411 e. The third-order valence-corrected chi connectivity index (χ3v) is 6.53. The van der Waals surface area contributed by atoms with Crippen LogP contribution in [0, 0.1) is 0 Å². The molecule has 0 saturated heterocycles. The van der Waals surface area contributed by atoms with E-state index in [1.54, 1.807) is 0 Å². The molecule has 1 N–H and O–H groups in total. The van der Waals surface area contributed by atoms with Crippen molar-refractivity contribution in [1.29, 1.82) is 0 Å². The summed E-state index contributed by atoms with van der Waals surface area (Å²) in [6, 6.07) is 0. The fourth-order valence-electron chi connectivity index (χ4n) is 4.39. The summed E-state index contributed by atoms with van der Waals surface area (Å²) in [7, 11) is 0. The van der Waals surface area contributed by atoms with Gasteiger partial charge in [-0.15, -0.1) is 0 Å². The minimum Gasteiger partial charge on any atom is -0.411 e.